The van der Waals surface area contributed by atoms with Crippen molar-refractivity contribution >= 4 is 35.8 Å². The monoisotopic (exact) mass is 598 g/mol. The molecule has 2 atom stereocenters. The van der Waals surface area contributed by atoms with Crippen LogP contribution in [-0.4, -0.2) is 85.2 Å². The molecule has 0 aliphatic carbocycles. The van der Waals surface area contributed by atoms with Crippen LogP contribution in [-0.2, 0) is 33.3 Å². The summed E-state index contributed by atoms with van der Waals surface area (Å²) in [5, 5.41) is 19.6. The fourth-order valence-electron chi connectivity index (χ4n) is 3.59. The summed E-state index contributed by atoms with van der Waals surface area (Å²) in [5.74, 6) is -6.41. The standard InChI is InChI=1S/C30H30O13/c1-5-19(15-40-25(31)6-2)42-29(37)21-10-8-17(12-23(21)27(33)34)18-9-11-22(24(13-18)28(35)36)30(38)43-20(14-39-4)16-41-26(32)7-3/h6-13,19-20H,2-3,5,14-16H2,1,4H3,(H,33,34)(H,35,36). The second-order valence-corrected chi connectivity index (χ2v) is 8.72. The number of rotatable bonds is 16. The first-order chi connectivity index (χ1) is 20.4. The normalized spacial score (nSPS) is 11.8. The van der Waals surface area contributed by atoms with Crippen LogP contribution in [0.1, 0.15) is 54.8 Å². The number of ether oxygens (including phenoxy) is 5. The van der Waals surface area contributed by atoms with E-state index in [0.29, 0.717) is 0 Å². The Balaban J connectivity index is 2.36. The van der Waals surface area contributed by atoms with Gasteiger partial charge in [0.15, 0.2) is 6.10 Å². The lowest BCUT2D eigenvalue weighted by atomic mass is 9.95. The van der Waals surface area contributed by atoms with Crippen molar-refractivity contribution < 1.29 is 62.7 Å². The zero-order valence-corrected chi connectivity index (χ0v) is 23.4. The van der Waals surface area contributed by atoms with Gasteiger partial charge in [0.05, 0.1) is 28.9 Å². The van der Waals surface area contributed by atoms with Crippen molar-refractivity contribution in [1.82, 2.24) is 0 Å². The maximum atomic E-state index is 12.8. The first kappa shape index (κ1) is 33.9. The van der Waals surface area contributed by atoms with Crippen molar-refractivity contribution in [3.8, 4) is 11.1 Å². The molecule has 2 unspecified atom stereocenters. The molecule has 2 aromatic rings. The molecule has 0 aliphatic heterocycles. The first-order valence-corrected chi connectivity index (χ1v) is 12.7. The van der Waals surface area contributed by atoms with E-state index in [9.17, 15) is 39.0 Å². The fraction of sp³-hybridized carbons (Fsp3) is 0.267. The van der Waals surface area contributed by atoms with Crippen molar-refractivity contribution in [3.63, 3.8) is 0 Å². The number of hydrogen-bond donors (Lipinski definition) is 2. The molecule has 0 aliphatic rings. The average molecular weight is 599 g/mol. The van der Waals surface area contributed by atoms with Crippen LogP contribution in [0.3, 0.4) is 0 Å². The van der Waals surface area contributed by atoms with E-state index in [4.69, 9.17) is 23.7 Å². The summed E-state index contributed by atoms with van der Waals surface area (Å²) < 4.78 is 25.3. The van der Waals surface area contributed by atoms with Crippen molar-refractivity contribution in [2.75, 3.05) is 26.9 Å². The van der Waals surface area contributed by atoms with Gasteiger partial charge < -0.3 is 33.9 Å². The largest absolute Gasteiger partial charge is 0.478 e. The zero-order valence-electron chi connectivity index (χ0n) is 23.4. The molecule has 0 aromatic heterocycles. The van der Waals surface area contributed by atoms with Gasteiger partial charge in [-0.2, -0.15) is 0 Å². The lowest BCUT2D eigenvalue weighted by Gasteiger charge is -2.18. The molecular weight excluding hydrogens is 568 g/mol. The van der Waals surface area contributed by atoms with E-state index in [0.717, 1.165) is 24.3 Å². The summed E-state index contributed by atoms with van der Waals surface area (Å²) in [6.45, 7) is 7.44. The fourth-order valence-corrected chi connectivity index (χ4v) is 3.59. The van der Waals surface area contributed by atoms with Gasteiger partial charge in [-0.15, -0.1) is 0 Å². The molecule has 13 nitrogen and oxygen atoms in total. The van der Waals surface area contributed by atoms with E-state index >= 15 is 0 Å². The minimum Gasteiger partial charge on any atom is -0.478 e. The highest BCUT2D eigenvalue weighted by Crippen LogP contribution is 2.27. The number of aromatic carboxylic acids is 2. The molecule has 0 spiro atoms. The molecular formula is C30H30O13. The molecule has 0 amide bonds. The lowest BCUT2D eigenvalue weighted by molar-refractivity contribution is -0.142. The van der Waals surface area contributed by atoms with E-state index in [2.05, 4.69) is 13.2 Å². The van der Waals surface area contributed by atoms with Crippen molar-refractivity contribution in [2.24, 2.45) is 0 Å². The maximum absolute atomic E-state index is 12.8. The second-order valence-electron chi connectivity index (χ2n) is 8.72. The number of carbonyl (C=O) groups is 6. The van der Waals surface area contributed by atoms with E-state index < -0.39 is 59.2 Å². The molecule has 228 valence electrons. The molecule has 0 radical (unpaired) electrons. The highest BCUT2D eigenvalue weighted by molar-refractivity contribution is 6.05. The summed E-state index contributed by atoms with van der Waals surface area (Å²) >= 11 is 0. The van der Waals surface area contributed by atoms with E-state index in [-0.39, 0.29) is 48.5 Å². The van der Waals surface area contributed by atoms with Gasteiger partial charge in [-0.25, -0.2) is 28.8 Å². The predicted molar refractivity (Wildman–Crippen MR) is 149 cm³/mol. The van der Waals surface area contributed by atoms with E-state index in [1.807, 2.05) is 0 Å². The summed E-state index contributed by atoms with van der Waals surface area (Å²) in [7, 11) is 1.33. The summed E-state index contributed by atoms with van der Waals surface area (Å²) in [4.78, 5) is 72.3. The molecule has 0 saturated carbocycles. The topological polar surface area (TPSA) is 189 Å². The third-order valence-electron chi connectivity index (χ3n) is 5.78. The predicted octanol–water partition coefficient (Wildman–Crippen LogP) is 3.32. The van der Waals surface area contributed by atoms with Gasteiger partial charge >= 0.3 is 35.8 Å². The van der Waals surface area contributed by atoms with Crippen molar-refractivity contribution in [2.45, 2.75) is 25.6 Å². The molecule has 0 saturated heterocycles. The molecule has 0 bridgehead atoms. The number of carboxylic acid groups (broad SMARTS) is 2. The van der Waals surface area contributed by atoms with Crippen LogP contribution < -0.4 is 0 Å². The van der Waals surface area contributed by atoms with Crippen LogP contribution in [0, 0.1) is 0 Å². The highest BCUT2D eigenvalue weighted by Gasteiger charge is 2.25. The van der Waals surface area contributed by atoms with E-state index in [1.54, 1.807) is 6.92 Å². The number of carbonyl (C=O) groups excluding carboxylic acids is 4. The summed E-state index contributed by atoms with van der Waals surface area (Å²) in [6.07, 6.45) is 0.248. The SMILES string of the molecule is C=CC(=O)OCC(CC)OC(=O)c1ccc(-c2ccc(C(=O)OC(COC)COC(=O)C=C)c(C(=O)O)c2)cc1C(=O)O. The average Bonchev–Trinajstić information content (AvgIpc) is 3.00. The molecule has 2 rings (SSSR count). The third kappa shape index (κ3) is 9.64. The van der Waals surface area contributed by atoms with Crippen molar-refractivity contribution in [1.29, 1.82) is 0 Å². The lowest BCUT2D eigenvalue weighted by Crippen LogP contribution is -2.29. The van der Waals surface area contributed by atoms with Gasteiger partial charge in [-0.1, -0.05) is 32.2 Å². The molecule has 0 heterocycles. The van der Waals surface area contributed by atoms with Crippen LogP contribution in [0.4, 0.5) is 0 Å². The minimum absolute atomic E-state index is 0.150. The quantitative estimate of drug-likeness (QED) is 0.163. The Hall–Kier alpha value is -5.30. The van der Waals surface area contributed by atoms with Crippen LogP contribution in [0.25, 0.3) is 11.1 Å². The number of hydrogen-bond acceptors (Lipinski definition) is 11. The number of methoxy groups -OCH3 is 1. The third-order valence-corrected chi connectivity index (χ3v) is 5.78. The van der Waals surface area contributed by atoms with Crippen LogP contribution >= 0.6 is 0 Å². The maximum Gasteiger partial charge on any atom is 0.339 e. The Morgan fingerprint density at radius 3 is 1.49 bits per heavy atom. The number of esters is 4. The van der Waals surface area contributed by atoms with Gasteiger partial charge in [0, 0.05) is 19.3 Å². The molecule has 43 heavy (non-hydrogen) atoms. The van der Waals surface area contributed by atoms with Gasteiger partial charge in [0.2, 0.25) is 0 Å². The van der Waals surface area contributed by atoms with E-state index in [1.165, 1.54) is 31.4 Å². The first-order valence-electron chi connectivity index (χ1n) is 12.7. The number of benzene rings is 2. The van der Waals surface area contributed by atoms with Gasteiger partial charge in [0.25, 0.3) is 0 Å². The molecule has 13 heteroatoms. The van der Waals surface area contributed by atoms with Gasteiger partial charge in [0.1, 0.15) is 19.3 Å². The zero-order chi connectivity index (χ0) is 32.1. The Labute approximate surface area is 246 Å². The minimum atomic E-state index is -1.48. The Bertz CT molecular complexity index is 1410. The summed E-state index contributed by atoms with van der Waals surface area (Å²) in [5.41, 5.74) is -1.07. The summed E-state index contributed by atoms with van der Waals surface area (Å²) in [6, 6.07) is 7.42. The van der Waals surface area contributed by atoms with Crippen LogP contribution in [0.5, 0.6) is 0 Å². The van der Waals surface area contributed by atoms with Crippen LogP contribution in [0.2, 0.25) is 0 Å². The smallest absolute Gasteiger partial charge is 0.339 e. The molecule has 0 fully saturated rings. The van der Waals surface area contributed by atoms with Crippen molar-refractivity contribution in [3.05, 3.63) is 84.0 Å². The Kier molecular flexibility index (Phi) is 12.8. The Morgan fingerprint density at radius 2 is 1.12 bits per heavy atom. The highest BCUT2D eigenvalue weighted by atomic mass is 16.6. The van der Waals surface area contributed by atoms with Gasteiger partial charge in [-0.05, 0) is 41.8 Å². The number of carboxylic acids is 2. The Morgan fingerprint density at radius 1 is 0.698 bits per heavy atom. The van der Waals surface area contributed by atoms with Gasteiger partial charge in [-0.3, -0.25) is 0 Å². The second kappa shape index (κ2) is 16.2. The molecule has 2 N–H and O–H groups in total. The molecule has 2 aromatic carbocycles. The van der Waals surface area contributed by atoms with Crippen LogP contribution in [0.15, 0.2) is 61.7 Å².